The molecule has 2 rings (SSSR count). The monoisotopic (exact) mass is 219 g/mol. The smallest absolute Gasteiger partial charge is 0.118 e. The maximum atomic E-state index is 9.40. The SMILES string of the molecule is Nc1cc(O)cc(-c2ccc(Cl)cc2)c1. The summed E-state index contributed by atoms with van der Waals surface area (Å²) >= 11 is 5.79. The van der Waals surface area contributed by atoms with E-state index in [1.807, 2.05) is 18.2 Å². The molecule has 0 aliphatic heterocycles. The molecular weight excluding hydrogens is 210 g/mol. The molecule has 0 atom stereocenters. The van der Waals surface area contributed by atoms with Crippen molar-refractivity contribution in [3.8, 4) is 16.9 Å². The highest BCUT2D eigenvalue weighted by Crippen LogP contribution is 2.27. The minimum absolute atomic E-state index is 0.167. The normalized spacial score (nSPS) is 10.2. The van der Waals surface area contributed by atoms with Gasteiger partial charge in [-0.2, -0.15) is 0 Å². The molecule has 0 heterocycles. The van der Waals surface area contributed by atoms with Gasteiger partial charge in [-0.05, 0) is 35.4 Å². The number of nitrogens with two attached hydrogens (primary N) is 1. The van der Waals surface area contributed by atoms with Crippen LogP contribution in [0.15, 0.2) is 42.5 Å². The van der Waals surface area contributed by atoms with E-state index < -0.39 is 0 Å². The largest absolute Gasteiger partial charge is 0.508 e. The van der Waals surface area contributed by atoms with Crippen LogP contribution in [0.25, 0.3) is 11.1 Å². The summed E-state index contributed by atoms with van der Waals surface area (Å²) in [6, 6.07) is 12.4. The Labute approximate surface area is 92.9 Å². The van der Waals surface area contributed by atoms with E-state index in [-0.39, 0.29) is 5.75 Å². The number of hydrogen-bond donors (Lipinski definition) is 2. The van der Waals surface area contributed by atoms with Gasteiger partial charge >= 0.3 is 0 Å². The summed E-state index contributed by atoms with van der Waals surface area (Å²) in [6.07, 6.45) is 0. The Morgan fingerprint density at radius 2 is 1.60 bits per heavy atom. The third-order valence-corrected chi connectivity index (χ3v) is 2.37. The Balaban J connectivity index is 2.49. The fraction of sp³-hybridized carbons (Fsp3) is 0. The van der Waals surface area contributed by atoms with Gasteiger partial charge < -0.3 is 10.8 Å². The van der Waals surface area contributed by atoms with Gasteiger partial charge in [-0.25, -0.2) is 0 Å². The van der Waals surface area contributed by atoms with E-state index in [1.165, 1.54) is 6.07 Å². The second kappa shape index (κ2) is 3.83. The molecule has 0 aliphatic rings. The first-order valence-electron chi connectivity index (χ1n) is 4.50. The average molecular weight is 220 g/mol. The molecule has 2 aromatic rings. The van der Waals surface area contributed by atoms with Gasteiger partial charge in [0.1, 0.15) is 5.75 Å². The summed E-state index contributed by atoms with van der Waals surface area (Å²) in [5.41, 5.74) is 8.04. The first-order chi connectivity index (χ1) is 7.15. The second-order valence-electron chi connectivity index (χ2n) is 3.32. The number of nitrogen functional groups attached to an aromatic ring is 1. The summed E-state index contributed by atoms with van der Waals surface area (Å²) in [7, 11) is 0. The number of hydrogen-bond acceptors (Lipinski definition) is 2. The van der Waals surface area contributed by atoms with Gasteiger partial charge in [0, 0.05) is 16.8 Å². The number of halogens is 1. The molecule has 0 fully saturated rings. The fourth-order valence-corrected chi connectivity index (χ4v) is 1.57. The zero-order valence-electron chi connectivity index (χ0n) is 7.94. The predicted molar refractivity (Wildman–Crippen MR) is 63.0 cm³/mol. The van der Waals surface area contributed by atoms with Crippen LogP contribution >= 0.6 is 11.6 Å². The third kappa shape index (κ3) is 2.22. The van der Waals surface area contributed by atoms with Gasteiger partial charge in [0.25, 0.3) is 0 Å². The number of benzene rings is 2. The van der Waals surface area contributed by atoms with Crippen LogP contribution < -0.4 is 5.73 Å². The van der Waals surface area contributed by atoms with Crippen molar-refractivity contribution in [2.75, 3.05) is 5.73 Å². The van der Waals surface area contributed by atoms with E-state index in [0.717, 1.165) is 11.1 Å². The van der Waals surface area contributed by atoms with Crippen molar-refractivity contribution in [3.63, 3.8) is 0 Å². The van der Waals surface area contributed by atoms with Crippen LogP contribution in [0.2, 0.25) is 5.02 Å². The lowest BCUT2D eigenvalue weighted by Crippen LogP contribution is -1.85. The van der Waals surface area contributed by atoms with Crippen molar-refractivity contribution in [1.29, 1.82) is 0 Å². The zero-order chi connectivity index (χ0) is 10.8. The Kier molecular flexibility index (Phi) is 2.52. The lowest BCUT2D eigenvalue weighted by molar-refractivity contribution is 0.476. The molecule has 15 heavy (non-hydrogen) atoms. The zero-order valence-corrected chi connectivity index (χ0v) is 8.70. The van der Waals surface area contributed by atoms with Gasteiger partial charge in [0.05, 0.1) is 0 Å². The first kappa shape index (κ1) is 9.87. The van der Waals surface area contributed by atoms with Crippen LogP contribution in [-0.4, -0.2) is 5.11 Å². The molecule has 3 N–H and O–H groups in total. The summed E-state index contributed by atoms with van der Waals surface area (Å²) < 4.78 is 0. The minimum atomic E-state index is 0.167. The van der Waals surface area contributed by atoms with Crippen molar-refractivity contribution in [2.24, 2.45) is 0 Å². The highest BCUT2D eigenvalue weighted by Gasteiger charge is 2.00. The first-order valence-corrected chi connectivity index (χ1v) is 4.88. The molecule has 2 aromatic carbocycles. The van der Waals surface area contributed by atoms with E-state index in [4.69, 9.17) is 17.3 Å². The summed E-state index contributed by atoms with van der Waals surface area (Å²) in [6.45, 7) is 0. The quantitative estimate of drug-likeness (QED) is 0.723. The number of anilines is 1. The van der Waals surface area contributed by atoms with Gasteiger partial charge in [-0.3, -0.25) is 0 Å². The Morgan fingerprint density at radius 1 is 0.933 bits per heavy atom. The fourth-order valence-electron chi connectivity index (χ4n) is 1.44. The van der Waals surface area contributed by atoms with Crippen LogP contribution in [-0.2, 0) is 0 Å². The maximum Gasteiger partial charge on any atom is 0.118 e. The van der Waals surface area contributed by atoms with Crippen molar-refractivity contribution < 1.29 is 5.11 Å². The van der Waals surface area contributed by atoms with E-state index in [2.05, 4.69) is 0 Å². The number of phenols is 1. The molecule has 0 amide bonds. The maximum absolute atomic E-state index is 9.40. The lowest BCUT2D eigenvalue weighted by Gasteiger charge is -2.04. The molecule has 0 saturated carbocycles. The topological polar surface area (TPSA) is 46.2 Å². The third-order valence-electron chi connectivity index (χ3n) is 2.12. The van der Waals surface area contributed by atoms with Gasteiger partial charge in [-0.15, -0.1) is 0 Å². The Bertz CT molecular complexity index is 459. The molecule has 0 radical (unpaired) electrons. The summed E-state index contributed by atoms with van der Waals surface area (Å²) in [4.78, 5) is 0. The van der Waals surface area contributed by atoms with Crippen molar-refractivity contribution in [1.82, 2.24) is 0 Å². The van der Waals surface area contributed by atoms with E-state index in [0.29, 0.717) is 10.7 Å². The molecule has 76 valence electrons. The average Bonchev–Trinajstić information content (AvgIpc) is 2.17. The summed E-state index contributed by atoms with van der Waals surface area (Å²) in [5.74, 6) is 0.167. The number of aromatic hydroxyl groups is 1. The highest BCUT2D eigenvalue weighted by molar-refractivity contribution is 6.30. The molecular formula is C12H10ClNO. The van der Waals surface area contributed by atoms with Gasteiger partial charge in [0.15, 0.2) is 0 Å². The second-order valence-corrected chi connectivity index (χ2v) is 3.76. The van der Waals surface area contributed by atoms with Crippen LogP contribution in [0.1, 0.15) is 0 Å². The van der Waals surface area contributed by atoms with Crippen molar-refractivity contribution >= 4 is 17.3 Å². The molecule has 0 saturated heterocycles. The highest BCUT2D eigenvalue weighted by atomic mass is 35.5. The Morgan fingerprint density at radius 3 is 2.20 bits per heavy atom. The standard InChI is InChI=1S/C12H10ClNO/c13-10-3-1-8(2-4-10)9-5-11(14)7-12(15)6-9/h1-7,15H,14H2. The molecule has 0 spiro atoms. The number of rotatable bonds is 1. The predicted octanol–water partition coefficient (Wildman–Crippen LogP) is 3.29. The molecule has 0 unspecified atom stereocenters. The molecule has 0 aliphatic carbocycles. The van der Waals surface area contributed by atoms with E-state index in [9.17, 15) is 5.11 Å². The van der Waals surface area contributed by atoms with E-state index >= 15 is 0 Å². The van der Waals surface area contributed by atoms with Crippen molar-refractivity contribution in [3.05, 3.63) is 47.5 Å². The summed E-state index contributed by atoms with van der Waals surface area (Å²) in [5, 5.41) is 10.1. The lowest BCUT2D eigenvalue weighted by atomic mass is 10.1. The molecule has 0 aromatic heterocycles. The van der Waals surface area contributed by atoms with Crippen LogP contribution in [0.5, 0.6) is 5.75 Å². The van der Waals surface area contributed by atoms with Crippen LogP contribution in [0.3, 0.4) is 0 Å². The van der Waals surface area contributed by atoms with Crippen molar-refractivity contribution in [2.45, 2.75) is 0 Å². The minimum Gasteiger partial charge on any atom is -0.508 e. The molecule has 0 bridgehead atoms. The van der Waals surface area contributed by atoms with E-state index in [1.54, 1.807) is 18.2 Å². The van der Waals surface area contributed by atoms with Crippen LogP contribution in [0.4, 0.5) is 5.69 Å². The molecule has 3 heteroatoms. The van der Waals surface area contributed by atoms with Gasteiger partial charge in [-0.1, -0.05) is 23.7 Å². The molecule has 2 nitrogen and oxygen atoms in total. The van der Waals surface area contributed by atoms with Gasteiger partial charge in [0.2, 0.25) is 0 Å². The van der Waals surface area contributed by atoms with Crippen LogP contribution in [0, 0.1) is 0 Å². The Hall–Kier alpha value is -1.67. The number of phenolic OH excluding ortho intramolecular Hbond substituents is 1.